The van der Waals surface area contributed by atoms with Crippen LogP contribution in [0.2, 0.25) is 0 Å². The second kappa shape index (κ2) is 10.4. The van der Waals surface area contributed by atoms with Crippen LogP contribution in [0.15, 0.2) is 43.0 Å². The Bertz CT molecular complexity index is 947. The lowest BCUT2D eigenvalue weighted by molar-refractivity contribution is 0.289. The van der Waals surface area contributed by atoms with Crippen molar-refractivity contribution in [3.8, 4) is 23.0 Å². The molecule has 0 bridgehead atoms. The number of hydrogen-bond donors (Lipinski definition) is 1. The Morgan fingerprint density at radius 2 is 1.68 bits per heavy atom. The fraction of sp³-hybridized carbons (Fsp3) is 0.375. The zero-order valence-electron chi connectivity index (χ0n) is 18.6. The Morgan fingerprint density at radius 3 is 2.32 bits per heavy atom. The maximum Gasteiger partial charge on any atom is 0.169 e. The average Bonchev–Trinajstić information content (AvgIpc) is 2.81. The van der Waals surface area contributed by atoms with Crippen molar-refractivity contribution in [2.24, 2.45) is 0 Å². The molecule has 0 amide bonds. The molecule has 0 unspecified atom stereocenters. The number of fused-ring (bicyclic) bond motifs is 1. The minimum absolute atomic E-state index is 0.0338. The van der Waals surface area contributed by atoms with Crippen molar-refractivity contribution in [3.05, 3.63) is 59.7 Å². The van der Waals surface area contributed by atoms with Crippen LogP contribution in [0, 0.1) is 0 Å². The summed E-state index contributed by atoms with van der Waals surface area (Å²) in [6.45, 7) is 5.21. The Morgan fingerprint density at radius 1 is 1.03 bits per heavy atom. The third-order valence-corrected chi connectivity index (χ3v) is 5.92. The first-order valence-electron chi connectivity index (χ1n) is 10.2. The molecule has 0 aliphatic carbocycles. The summed E-state index contributed by atoms with van der Waals surface area (Å²) in [7, 11) is 6.61. The van der Waals surface area contributed by atoms with Crippen LogP contribution in [-0.4, -0.2) is 51.5 Å². The van der Waals surface area contributed by atoms with E-state index in [2.05, 4.69) is 35.0 Å². The first-order chi connectivity index (χ1) is 15.1. The fourth-order valence-electron chi connectivity index (χ4n) is 3.98. The van der Waals surface area contributed by atoms with Gasteiger partial charge in [0.25, 0.3) is 0 Å². The van der Waals surface area contributed by atoms with Gasteiger partial charge in [-0.25, -0.2) is 0 Å². The topological polar surface area (TPSA) is 52.2 Å². The number of hydrogen-bond acceptors (Lipinski definition) is 5. The van der Waals surface area contributed by atoms with Gasteiger partial charge in [-0.15, -0.1) is 6.58 Å². The highest BCUT2D eigenvalue weighted by molar-refractivity contribution is 7.80. The molecule has 7 heteroatoms. The summed E-state index contributed by atoms with van der Waals surface area (Å²) in [4.78, 5) is 2.24. The zero-order valence-corrected chi connectivity index (χ0v) is 19.4. The highest BCUT2D eigenvalue weighted by Gasteiger charge is 2.31. The van der Waals surface area contributed by atoms with E-state index in [1.165, 1.54) is 11.1 Å². The summed E-state index contributed by atoms with van der Waals surface area (Å²) in [5, 5.41) is 3.99. The van der Waals surface area contributed by atoms with Crippen molar-refractivity contribution >= 4 is 17.3 Å². The highest BCUT2D eigenvalue weighted by Crippen LogP contribution is 2.40. The van der Waals surface area contributed by atoms with Gasteiger partial charge in [-0.1, -0.05) is 12.1 Å². The lowest BCUT2D eigenvalue weighted by Gasteiger charge is -2.39. The molecule has 166 valence electrons. The van der Waals surface area contributed by atoms with Crippen molar-refractivity contribution in [1.82, 2.24) is 10.2 Å². The molecule has 0 saturated carbocycles. The third-order valence-electron chi connectivity index (χ3n) is 5.54. The van der Waals surface area contributed by atoms with Gasteiger partial charge >= 0.3 is 0 Å². The van der Waals surface area contributed by atoms with Crippen LogP contribution in [-0.2, 0) is 12.8 Å². The van der Waals surface area contributed by atoms with Gasteiger partial charge in [-0.3, -0.25) is 0 Å². The molecule has 3 rings (SSSR count). The molecule has 0 spiro atoms. The predicted molar refractivity (Wildman–Crippen MR) is 127 cm³/mol. The normalized spacial score (nSPS) is 15.0. The van der Waals surface area contributed by atoms with Crippen molar-refractivity contribution in [2.45, 2.75) is 18.9 Å². The van der Waals surface area contributed by atoms with Crippen molar-refractivity contribution in [2.75, 3.05) is 41.5 Å². The molecule has 0 saturated heterocycles. The van der Waals surface area contributed by atoms with E-state index in [4.69, 9.17) is 31.2 Å². The molecule has 6 nitrogen and oxygen atoms in total. The number of methoxy groups -OCH3 is 4. The lowest BCUT2D eigenvalue weighted by Crippen LogP contribution is -2.46. The van der Waals surface area contributed by atoms with Crippen LogP contribution >= 0.6 is 12.2 Å². The Hall–Kier alpha value is -2.93. The van der Waals surface area contributed by atoms with Gasteiger partial charge in [-0.2, -0.15) is 0 Å². The monoisotopic (exact) mass is 442 g/mol. The molecule has 1 heterocycles. The van der Waals surface area contributed by atoms with Crippen LogP contribution in [0.4, 0.5) is 0 Å². The van der Waals surface area contributed by atoms with E-state index in [-0.39, 0.29) is 6.04 Å². The van der Waals surface area contributed by atoms with Crippen LogP contribution < -0.4 is 24.3 Å². The fourth-order valence-corrected chi connectivity index (χ4v) is 4.29. The molecule has 2 aromatic rings. The summed E-state index contributed by atoms with van der Waals surface area (Å²) < 4.78 is 22.0. The standard InChI is InChI=1S/C24H30N2O4S/c1-6-10-25-24(31)26-11-9-17-14-22(29-4)23(30-5)15-18(17)19(26)12-16-7-8-20(27-2)21(13-16)28-3/h6-8,13-15,19H,1,9-12H2,2-5H3,(H,25,31)/t19-/m0/s1. The van der Waals surface area contributed by atoms with Crippen molar-refractivity contribution < 1.29 is 18.9 Å². The molecule has 31 heavy (non-hydrogen) atoms. The second-order valence-electron chi connectivity index (χ2n) is 7.23. The molecule has 1 aliphatic rings. The number of ether oxygens (including phenoxy) is 4. The quantitative estimate of drug-likeness (QED) is 0.491. The van der Waals surface area contributed by atoms with Gasteiger partial charge in [-0.05, 0) is 66.0 Å². The van der Waals surface area contributed by atoms with E-state index in [1.54, 1.807) is 34.5 Å². The maximum atomic E-state index is 5.73. The van der Waals surface area contributed by atoms with Gasteiger partial charge in [0, 0.05) is 13.1 Å². The van der Waals surface area contributed by atoms with Crippen molar-refractivity contribution in [3.63, 3.8) is 0 Å². The molecule has 2 aromatic carbocycles. The average molecular weight is 443 g/mol. The molecular weight excluding hydrogens is 412 g/mol. The third kappa shape index (κ3) is 4.88. The summed E-state index contributed by atoms with van der Waals surface area (Å²) in [6, 6.07) is 10.2. The molecule has 0 fully saturated rings. The first kappa shape index (κ1) is 22.7. The molecule has 0 radical (unpaired) electrons. The van der Waals surface area contributed by atoms with Crippen LogP contribution in [0.3, 0.4) is 0 Å². The minimum Gasteiger partial charge on any atom is -0.493 e. The summed E-state index contributed by atoms with van der Waals surface area (Å²) in [5.74, 6) is 2.88. The zero-order chi connectivity index (χ0) is 22.4. The lowest BCUT2D eigenvalue weighted by atomic mass is 9.88. The van der Waals surface area contributed by atoms with E-state index < -0.39 is 0 Å². The molecule has 1 N–H and O–H groups in total. The smallest absolute Gasteiger partial charge is 0.169 e. The second-order valence-corrected chi connectivity index (χ2v) is 7.62. The molecule has 1 atom stereocenters. The number of benzene rings is 2. The van der Waals surface area contributed by atoms with Crippen LogP contribution in [0.1, 0.15) is 22.7 Å². The number of rotatable bonds is 8. The van der Waals surface area contributed by atoms with Gasteiger partial charge < -0.3 is 29.2 Å². The van der Waals surface area contributed by atoms with E-state index in [0.717, 1.165) is 30.7 Å². The predicted octanol–water partition coefficient (Wildman–Crippen LogP) is 3.92. The van der Waals surface area contributed by atoms with Gasteiger partial charge in [0.05, 0.1) is 34.5 Å². The highest BCUT2D eigenvalue weighted by atomic mass is 32.1. The van der Waals surface area contributed by atoms with E-state index in [1.807, 2.05) is 12.1 Å². The summed E-state index contributed by atoms with van der Waals surface area (Å²) >= 11 is 5.73. The SMILES string of the molecule is C=CCNC(=S)N1CCc2cc(OC)c(OC)cc2[C@@H]1Cc1ccc(OC)c(OC)c1. The number of nitrogens with one attached hydrogen (secondary N) is 1. The Kier molecular flexibility index (Phi) is 7.63. The van der Waals surface area contributed by atoms with E-state index in [9.17, 15) is 0 Å². The van der Waals surface area contributed by atoms with E-state index >= 15 is 0 Å². The maximum absolute atomic E-state index is 5.73. The van der Waals surface area contributed by atoms with Crippen molar-refractivity contribution in [1.29, 1.82) is 0 Å². The largest absolute Gasteiger partial charge is 0.493 e. The summed E-state index contributed by atoms with van der Waals surface area (Å²) in [6.07, 6.45) is 3.42. The number of nitrogens with zero attached hydrogens (tertiary/aromatic N) is 1. The number of thiocarbonyl (C=S) groups is 1. The molecular formula is C24H30N2O4S. The summed E-state index contributed by atoms with van der Waals surface area (Å²) in [5.41, 5.74) is 3.55. The minimum atomic E-state index is 0.0338. The molecule has 1 aliphatic heterocycles. The van der Waals surface area contributed by atoms with Gasteiger partial charge in [0.2, 0.25) is 0 Å². The van der Waals surface area contributed by atoms with E-state index in [0.29, 0.717) is 28.9 Å². The van der Waals surface area contributed by atoms with Gasteiger partial charge in [0.1, 0.15) is 0 Å². The van der Waals surface area contributed by atoms with Crippen LogP contribution in [0.5, 0.6) is 23.0 Å². The van der Waals surface area contributed by atoms with Crippen LogP contribution in [0.25, 0.3) is 0 Å². The Balaban J connectivity index is 2.03. The molecule has 0 aromatic heterocycles. The van der Waals surface area contributed by atoms with Gasteiger partial charge in [0.15, 0.2) is 28.1 Å². The Labute approximate surface area is 189 Å². The first-order valence-corrected chi connectivity index (χ1v) is 10.6.